The normalized spacial score (nSPS) is 20.8. The van der Waals surface area contributed by atoms with Gasteiger partial charge in [0.25, 0.3) is 0 Å². The van der Waals surface area contributed by atoms with Gasteiger partial charge in [0.05, 0.1) is 0 Å². The third-order valence-electron chi connectivity index (χ3n) is 21.9. The van der Waals surface area contributed by atoms with Crippen molar-refractivity contribution in [3.63, 3.8) is 0 Å². The van der Waals surface area contributed by atoms with Crippen molar-refractivity contribution in [2.75, 3.05) is 65.7 Å². The highest BCUT2D eigenvalue weighted by Crippen LogP contribution is 2.29. The summed E-state index contributed by atoms with van der Waals surface area (Å²) in [4.78, 5) is 0. The molecule has 0 amide bonds. The summed E-state index contributed by atoms with van der Waals surface area (Å²) in [5, 5.41) is 13.6. The predicted molar refractivity (Wildman–Crippen MR) is 410 cm³/mol. The number of rotatable bonds is 27. The maximum absolute atomic E-state index is 5.63. The van der Waals surface area contributed by atoms with Gasteiger partial charge < -0.3 is 38.9 Å². The van der Waals surface area contributed by atoms with E-state index in [1.807, 2.05) is 0 Å². The quantitative estimate of drug-likeness (QED) is 0.0299. The third-order valence-corrected chi connectivity index (χ3v) is 21.9. The molecule has 0 aromatic rings. The molecular weight excluding hydrogens is 1110 g/mol. The SMILES string of the molecule is NCCCCC1CCCCCCCCCCCCCC1.NCCCCCNCCCCC1CCCCCCCCCCCCCC1.NCCNCCCCC1CCCCCCCCCCCCCC1.NCNCNCCC1CCCCCCCCCCCCCC1. The van der Waals surface area contributed by atoms with Gasteiger partial charge in [0.1, 0.15) is 0 Å². The van der Waals surface area contributed by atoms with Crippen molar-refractivity contribution >= 4 is 0 Å². The summed E-state index contributed by atoms with van der Waals surface area (Å²) in [5.41, 5.74) is 22.1. The van der Waals surface area contributed by atoms with Crippen molar-refractivity contribution in [3.05, 3.63) is 0 Å². The highest BCUT2D eigenvalue weighted by Gasteiger charge is 2.13. The minimum absolute atomic E-state index is 0.566. The van der Waals surface area contributed by atoms with Crippen LogP contribution in [0.4, 0.5) is 0 Å². The minimum Gasteiger partial charge on any atom is -0.330 e. The molecule has 4 saturated carbocycles. The van der Waals surface area contributed by atoms with Crippen LogP contribution in [0.1, 0.15) is 443 Å². The van der Waals surface area contributed by atoms with Crippen LogP contribution in [0.25, 0.3) is 0 Å². The first-order chi connectivity index (χ1) is 45.2. The Kier molecular flexibility index (Phi) is 76.7. The fraction of sp³-hybridized carbons (Fsp3) is 1.00. The van der Waals surface area contributed by atoms with Crippen molar-refractivity contribution < 1.29 is 0 Å². The molecule has 0 atom stereocenters. The Balaban J connectivity index is 0.000000609. The molecule has 91 heavy (non-hydrogen) atoms. The van der Waals surface area contributed by atoms with Crippen LogP contribution in [-0.4, -0.2) is 65.7 Å². The lowest BCUT2D eigenvalue weighted by Crippen LogP contribution is -2.33. The van der Waals surface area contributed by atoms with Crippen molar-refractivity contribution in [1.29, 1.82) is 0 Å². The summed E-state index contributed by atoms with van der Waals surface area (Å²) in [6, 6.07) is 0. The fourth-order valence-corrected chi connectivity index (χ4v) is 15.7. The van der Waals surface area contributed by atoms with Gasteiger partial charge in [0.2, 0.25) is 0 Å². The minimum atomic E-state index is 0.566. The summed E-state index contributed by atoms with van der Waals surface area (Å²) in [5.74, 6) is 3.97. The van der Waals surface area contributed by atoms with Crippen molar-refractivity contribution in [2.24, 2.45) is 46.6 Å². The third kappa shape index (κ3) is 70.8. The average molecular weight is 1280 g/mol. The molecule has 0 heterocycles. The molecule has 4 fully saturated rings. The number of unbranched alkanes of at least 4 members (excludes halogenated alkanes) is 5. The van der Waals surface area contributed by atoms with Gasteiger partial charge in [0.15, 0.2) is 0 Å². The lowest BCUT2D eigenvalue weighted by atomic mass is 9.90. The summed E-state index contributed by atoms with van der Waals surface area (Å²) in [6.45, 7) is 9.58. The summed E-state index contributed by atoms with van der Waals surface area (Å²) in [7, 11) is 0. The second-order valence-corrected chi connectivity index (χ2v) is 30.6. The van der Waals surface area contributed by atoms with Gasteiger partial charge in [-0.05, 0) is 101 Å². The zero-order chi connectivity index (χ0) is 65.0. The van der Waals surface area contributed by atoms with E-state index in [9.17, 15) is 0 Å². The van der Waals surface area contributed by atoms with Crippen LogP contribution in [0.2, 0.25) is 0 Å². The Hall–Kier alpha value is -0.320. The number of nitrogens with one attached hydrogen (secondary N) is 4. The van der Waals surface area contributed by atoms with E-state index in [-0.39, 0.29) is 0 Å². The highest BCUT2D eigenvalue weighted by molar-refractivity contribution is 4.68. The first kappa shape index (κ1) is 88.7. The zero-order valence-electron chi connectivity index (χ0n) is 62.5. The maximum Gasteiger partial charge on any atom is 0.0464 e. The molecule has 12 N–H and O–H groups in total. The standard InChI is InChI=1S/C24H50N2.C21H44N2.C19H41N3.C19H39N/c25-21-15-11-16-22-26-23-17-14-20-24-18-12-9-7-5-3-1-2-4-6-8-10-13-19-24;22-18-20-23-19-14-13-17-21-15-11-9-7-5-3-1-2-4-6-8-10-12-16-21;20-17-22-18-21-16-15-19-13-11-9-7-5-3-1-2-4-6-8-10-12-14-19;20-18-14-13-17-19-15-11-9-7-5-3-1-2-4-6-8-10-12-16-19/h24,26H,1-23,25H2;21,23H,1-20,22H2;19,21-22H,1-18,20H2;19H,1-18,20H2. The zero-order valence-corrected chi connectivity index (χ0v) is 62.5. The average Bonchev–Trinajstić information content (AvgIpc) is 3.67. The van der Waals surface area contributed by atoms with Crippen LogP contribution in [0.3, 0.4) is 0 Å². The molecule has 8 heteroatoms. The summed E-state index contributed by atoms with van der Waals surface area (Å²) < 4.78 is 0. The smallest absolute Gasteiger partial charge is 0.0464 e. The highest BCUT2D eigenvalue weighted by atomic mass is 15.1. The van der Waals surface area contributed by atoms with Gasteiger partial charge in [-0.1, -0.05) is 405 Å². The molecule has 4 aliphatic carbocycles. The first-order valence-corrected chi connectivity index (χ1v) is 42.9. The predicted octanol–water partition coefficient (Wildman–Crippen LogP) is 23.5. The number of hydrogen-bond donors (Lipinski definition) is 8. The lowest BCUT2D eigenvalue weighted by Gasteiger charge is -2.17. The van der Waals surface area contributed by atoms with Gasteiger partial charge in [0, 0.05) is 26.4 Å². The molecule has 0 unspecified atom stereocenters. The molecule has 0 aromatic carbocycles. The van der Waals surface area contributed by atoms with E-state index in [1.54, 1.807) is 0 Å². The fourth-order valence-electron chi connectivity index (χ4n) is 15.7. The molecule has 4 rings (SSSR count). The molecule has 0 spiro atoms. The van der Waals surface area contributed by atoms with Crippen LogP contribution >= 0.6 is 0 Å². The van der Waals surface area contributed by atoms with Crippen molar-refractivity contribution in [2.45, 2.75) is 443 Å². The monoisotopic (exact) mass is 1280 g/mol. The molecular formula is C83H174N8. The van der Waals surface area contributed by atoms with Gasteiger partial charge in [-0.3, -0.25) is 5.32 Å². The van der Waals surface area contributed by atoms with Gasteiger partial charge in [-0.2, -0.15) is 0 Å². The Bertz CT molecular complexity index is 1220. The Morgan fingerprint density at radius 3 is 0.648 bits per heavy atom. The van der Waals surface area contributed by atoms with E-state index >= 15 is 0 Å². The molecule has 0 radical (unpaired) electrons. The van der Waals surface area contributed by atoms with Crippen LogP contribution in [-0.2, 0) is 0 Å². The molecule has 8 nitrogen and oxygen atoms in total. The van der Waals surface area contributed by atoms with E-state index in [2.05, 4.69) is 21.3 Å². The maximum atomic E-state index is 5.63. The molecule has 4 aliphatic rings. The molecule has 0 aromatic heterocycles. The van der Waals surface area contributed by atoms with Crippen LogP contribution < -0.4 is 44.2 Å². The van der Waals surface area contributed by atoms with Gasteiger partial charge in [-0.25, -0.2) is 0 Å². The van der Waals surface area contributed by atoms with E-state index in [0.717, 1.165) is 69.6 Å². The first-order valence-electron chi connectivity index (χ1n) is 42.9. The summed E-state index contributed by atoms with van der Waals surface area (Å²) >= 11 is 0. The summed E-state index contributed by atoms with van der Waals surface area (Å²) in [6.07, 6.45) is 101. The lowest BCUT2D eigenvalue weighted by molar-refractivity contribution is 0.368. The van der Waals surface area contributed by atoms with E-state index in [1.165, 1.54) is 456 Å². The second-order valence-electron chi connectivity index (χ2n) is 30.6. The molecule has 0 aliphatic heterocycles. The van der Waals surface area contributed by atoms with Crippen LogP contribution in [0.5, 0.6) is 0 Å². The number of hydrogen-bond acceptors (Lipinski definition) is 8. The van der Waals surface area contributed by atoms with Gasteiger partial charge in [-0.15, -0.1) is 0 Å². The second kappa shape index (κ2) is 78.7. The Morgan fingerprint density at radius 1 is 0.176 bits per heavy atom. The van der Waals surface area contributed by atoms with Crippen LogP contribution in [0, 0.1) is 23.7 Å². The Labute approximate surface area is 573 Å². The van der Waals surface area contributed by atoms with Crippen LogP contribution in [0.15, 0.2) is 0 Å². The largest absolute Gasteiger partial charge is 0.330 e. The molecule has 546 valence electrons. The van der Waals surface area contributed by atoms with E-state index < -0.39 is 0 Å². The van der Waals surface area contributed by atoms with Gasteiger partial charge >= 0.3 is 0 Å². The van der Waals surface area contributed by atoms with E-state index in [0.29, 0.717) is 6.67 Å². The van der Waals surface area contributed by atoms with Crippen molar-refractivity contribution in [3.8, 4) is 0 Å². The van der Waals surface area contributed by atoms with Crippen molar-refractivity contribution in [1.82, 2.24) is 21.3 Å². The molecule has 0 saturated heterocycles. The topological polar surface area (TPSA) is 152 Å². The number of nitrogens with two attached hydrogens (primary N) is 4. The molecule has 0 bridgehead atoms. The Morgan fingerprint density at radius 2 is 0.396 bits per heavy atom. The van der Waals surface area contributed by atoms with E-state index in [4.69, 9.17) is 22.9 Å².